The maximum atomic E-state index is 3.46. The Bertz CT molecular complexity index is 164. The highest BCUT2D eigenvalue weighted by Gasteiger charge is 2.18. The van der Waals surface area contributed by atoms with Crippen LogP contribution in [0.4, 0.5) is 0 Å². The molecule has 1 fully saturated rings. The third kappa shape index (κ3) is 6.42. The molecule has 1 aliphatic heterocycles. The van der Waals surface area contributed by atoms with E-state index in [1.807, 2.05) is 0 Å². The number of hydrogen-bond acceptors (Lipinski definition) is 2. The van der Waals surface area contributed by atoms with Crippen LogP contribution in [-0.2, 0) is 0 Å². The molecule has 0 unspecified atom stereocenters. The van der Waals surface area contributed by atoms with Crippen molar-refractivity contribution in [2.75, 3.05) is 26.2 Å². The average Bonchev–Trinajstić information content (AvgIpc) is 2.39. The minimum atomic E-state index is 0.858. The van der Waals surface area contributed by atoms with Gasteiger partial charge in [0.2, 0.25) is 0 Å². The average molecular weight is 240 g/mol. The van der Waals surface area contributed by atoms with E-state index in [0.717, 1.165) is 6.04 Å². The zero-order valence-electron chi connectivity index (χ0n) is 12.0. The summed E-state index contributed by atoms with van der Waals surface area (Å²) < 4.78 is 0. The zero-order valence-corrected chi connectivity index (χ0v) is 12.0. The van der Waals surface area contributed by atoms with Crippen LogP contribution in [0, 0.1) is 0 Å². The summed E-state index contributed by atoms with van der Waals surface area (Å²) in [5.41, 5.74) is 0. The molecular formula is C15H32N2. The number of nitrogens with zero attached hydrogens (tertiary/aromatic N) is 1. The molecule has 0 amide bonds. The second kappa shape index (κ2) is 9.90. The second-order valence-electron chi connectivity index (χ2n) is 5.38. The quantitative estimate of drug-likeness (QED) is 0.621. The Morgan fingerprint density at radius 1 is 0.941 bits per heavy atom. The van der Waals surface area contributed by atoms with E-state index in [2.05, 4.69) is 24.1 Å². The molecule has 1 saturated heterocycles. The molecule has 17 heavy (non-hydrogen) atoms. The van der Waals surface area contributed by atoms with Crippen molar-refractivity contribution in [3.63, 3.8) is 0 Å². The normalized spacial score (nSPS) is 17.8. The van der Waals surface area contributed by atoms with Crippen LogP contribution in [0.5, 0.6) is 0 Å². The Hall–Kier alpha value is -0.0800. The van der Waals surface area contributed by atoms with Gasteiger partial charge >= 0.3 is 0 Å². The Morgan fingerprint density at radius 2 is 1.59 bits per heavy atom. The molecular weight excluding hydrogens is 208 g/mol. The molecule has 0 bridgehead atoms. The van der Waals surface area contributed by atoms with Crippen LogP contribution in [-0.4, -0.2) is 37.1 Å². The van der Waals surface area contributed by atoms with Crippen LogP contribution in [0.15, 0.2) is 0 Å². The zero-order chi connectivity index (χ0) is 12.3. The molecule has 0 radical (unpaired) electrons. The van der Waals surface area contributed by atoms with Crippen molar-refractivity contribution in [2.45, 2.75) is 71.3 Å². The lowest BCUT2D eigenvalue weighted by atomic mass is 10.0. The van der Waals surface area contributed by atoms with Crippen LogP contribution < -0.4 is 5.32 Å². The van der Waals surface area contributed by atoms with Crippen LogP contribution in [0.25, 0.3) is 0 Å². The van der Waals surface area contributed by atoms with E-state index in [4.69, 9.17) is 0 Å². The largest absolute Gasteiger partial charge is 0.317 e. The van der Waals surface area contributed by atoms with Crippen molar-refractivity contribution in [2.24, 2.45) is 0 Å². The predicted molar refractivity (Wildman–Crippen MR) is 76.5 cm³/mol. The van der Waals surface area contributed by atoms with Gasteiger partial charge in [-0.15, -0.1) is 0 Å². The van der Waals surface area contributed by atoms with Crippen molar-refractivity contribution in [1.29, 1.82) is 0 Å². The minimum absolute atomic E-state index is 0.858. The first-order valence-corrected chi connectivity index (χ1v) is 7.83. The standard InChI is InChI=1S/C15H32N2/c1-3-5-6-7-8-9-14-17(4-2)15-10-12-16-13-11-15/h15-16H,3-14H2,1-2H3. The molecule has 102 valence electrons. The molecule has 0 aromatic carbocycles. The summed E-state index contributed by atoms with van der Waals surface area (Å²) in [5.74, 6) is 0. The third-order valence-corrected chi connectivity index (χ3v) is 4.03. The van der Waals surface area contributed by atoms with Gasteiger partial charge in [-0.3, -0.25) is 0 Å². The SMILES string of the molecule is CCCCCCCCN(CC)C1CCNCC1. The van der Waals surface area contributed by atoms with Crippen molar-refractivity contribution < 1.29 is 0 Å². The first-order valence-electron chi connectivity index (χ1n) is 7.83. The van der Waals surface area contributed by atoms with E-state index < -0.39 is 0 Å². The highest BCUT2D eigenvalue weighted by atomic mass is 15.2. The number of piperidine rings is 1. The lowest BCUT2D eigenvalue weighted by Crippen LogP contribution is -2.43. The second-order valence-corrected chi connectivity index (χ2v) is 5.38. The monoisotopic (exact) mass is 240 g/mol. The van der Waals surface area contributed by atoms with Gasteiger partial charge in [0.1, 0.15) is 0 Å². The van der Waals surface area contributed by atoms with Crippen LogP contribution in [0.1, 0.15) is 65.2 Å². The van der Waals surface area contributed by atoms with Gasteiger partial charge < -0.3 is 10.2 Å². The van der Waals surface area contributed by atoms with Gasteiger partial charge in [0.15, 0.2) is 0 Å². The number of unbranched alkanes of at least 4 members (excludes halogenated alkanes) is 5. The van der Waals surface area contributed by atoms with Crippen molar-refractivity contribution >= 4 is 0 Å². The fraction of sp³-hybridized carbons (Fsp3) is 1.00. The molecule has 0 spiro atoms. The Labute approximate surface area is 108 Å². The fourth-order valence-corrected chi connectivity index (χ4v) is 2.87. The topological polar surface area (TPSA) is 15.3 Å². The van der Waals surface area contributed by atoms with E-state index >= 15 is 0 Å². The summed E-state index contributed by atoms with van der Waals surface area (Å²) in [6.07, 6.45) is 11.2. The van der Waals surface area contributed by atoms with Crippen molar-refractivity contribution in [3.05, 3.63) is 0 Å². The van der Waals surface area contributed by atoms with Crippen molar-refractivity contribution in [1.82, 2.24) is 10.2 Å². The van der Waals surface area contributed by atoms with Crippen LogP contribution in [0.3, 0.4) is 0 Å². The van der Waals surface area contributed by atoms with Gasteiger partial charge in [0, 0.05) is 6.04 Å². The summed E-state index contributed by atoms with van der Waals surface area (Å²) in [7, 11) is 0. The van der Waals surface area contributed by atoms with E-state index in [-0.39, 0.29) is 0 Å². The van der Waals surface area contributed by atoms with Gasteiger partial charge in [0.05, 0.1) is 0 Å². The molecule has 0 aromatic heterocycles. The van der Waals surface area contributed by atoms with E-state index in [9.17, 15) is 0 Å². The summed E-state index contributed by atoms with van der Waals surface area (Å²) in [6, 6.07) is 0.858. The number of nitrogens with one attached hydrogen (secondary N) is 1. The van der Waals surface area contributed by atoms with Crippen molar-refractivity contribution in [3.8, 4) is 0 Å². The van der Waals surface area contributed by atoms with E-state index in [0.29, 0.717) is 0 Å². The molecule has 0 saturated carbocycles. The number of hydrogen-bond donors (Lipinski definition) is 1. The Morgan fingerprint density at radius 3 is 2.24 bits per heavy atom. The summed E-state index contributed by atoms with van der Waals surface area (Å²) >= 11 is 0. The highest BCUT2D eigenvalue weighted by Crippen LogP contribution is 2.13. The molecule has 0 aliphatic carbocycles. The highest BCUT2D eigenvalue weighted by molar-refractivity contribution is 4.77. The molecule has 0 aromatic rings. The predicted octanol–water partition coefficient (Wildman–Crippen LogP) is 3.42. The van der Waals surface area contributed by atoms with Gasteiger partial charge in [0.25, 0.3) is 0 Å². The first kappa shape index (κ1) is 15.0. The molecule has 0 atom stereocenters. The van der Waals surface area contributed by atoms with Gasteiger partial charge in [-0.25, -0.2) is 0 Å². The number of rotatable bonds is 9. The lowest BCUT2D eigenvalue weighted by Gasteiger charge is -2.33. The molecule has 2 heteroatoms. The molecule has 1 aliphatic rings. The summed E-state index contributed by atoms with van der Waals surface area (Å²) in [4.78, 5) is 2.71. The van der Waals surface area contributed by atoms with E-state index in [1.54, 1.807) is 0 Å². The summed E-state index contributed by atoms with van der Waals surface area (Å²) in [6.45, 7) is 9.61. The van der Waals surface area contributed by atoms with Gasteiger partial charge in [-0.2, -0.15) is 0 Å². The maximum Gasteiger partial charge on any atom is 0.0119 e. The maximum absolute atomic E-state index is 3.46. The fourth-order valence-electron chi connectivity index (χ4n) is 2.87. The molecule has 1 N–H and O–H groups in total. The minimum Gasteiger partial charge on any atom is -0.317 e. The molecule has 1 heterocycles. The van der Waals surface area contributed by atoms with Gasteiger partial charge in [-0.1, -0.05) is 46.0 Å². The van der Waals surface area contributed by atoms with Gasteiger partial charge in [-0.05, 0) is 45.4 Å². The van der Waals surface area contributed by atoms with Crippen LogP contribution in [0.2, 0.25) is 0 Å². The lowest BCUT2D eigenvalue weighted by molar-refractivity contribution is 0.167. The summed E-state index contributed by atoms with van der Waals surface area (Å²) in [5, 5.41) is 3.46. The third-order valence-electron chi connectivity index (χ3n) is 4.03. The van der Waals surface area contributed by atoms with Crippen LogP contribution >= 0.6 is 0 Å². The first-order chi connectivity index (χ1) is 8.38. The molecule has 1 rings (SSSR count). The Balaban J connectivity index is 2.05. The Kier molecular flexibility index (Phi) is 8.72. The molecule has 2 nitrogen and oxygen atoms in total. The smallest absolute Gasteiger partial charge is 0.0119 e. The van der Waals surface area contributed by atoms with E-state index in [1.165, 1.54) is 77.5 Å².